The molecule has 0 aromatic heterocycles. The van der Waals surface area contributed by atoms with Crippen molar-refractivity contribution in [1.82, 2.24) is 4.90 Å². The zero-order valence-corrected chi connectivity index (χ0v) is 11.4. The first-order valence-corrected chi connectivity index (χ1v) is 6.09. The molecule has 1 aromatic rings. The van der Waals surface area contributed by atoms with Crippen LogP contribution in [0.4, 0.5) is 0 Å². The van der Waals surface area contributed by atoms with Gasteiger partial charge in [0, 0.05) is 24.2 Å². The molecule has 1 atom stereocenters. The van der Waals surface area contributed by atoms with E-state index in [1.165, 1.54) is 0 Å². The lowest BCUT2D eigenvalue weighted by atomic mass is 10.0. The number of nitrogens with zero attached hydrogens (tertiary/aromatic N) is 1. The van der Waals surface area contributed by atoms with E-state index in [0.717, 1.165) is 10.6 Å². The first-order chi connectivity index (χ1) is 7.83. The van der Waals surface area contributed by atoms with Gasteiger partial charge in [-0.05, 0) is 38.6 Å². The highest BCUT2D eigenvalue weighted by Crippen LogP contribution is 2.21. The molecular formula is C13H21ClN2O. The molecule has 0 spiro atoms. The number of hydrogen-bond acceptors (Lipinski definition) is 3. The molecule has 0 bridgehead atoms. The molecule has 0 radical (unpaired) electrons. The van der Waals surface area contributed by atoms with Gasteiger partial charge in [-0.3, -0.25) is 4.90 Å². The summed E-state index contributed by atoms with van der Waals surface area (Å²) in [7, 11) is 1.96. The van der Waals surface area contributed by atoms with E-state index in [-0.39, 0.29) is 6.04 Å². The minimum absolute atomic E-state index is 0.0960. The lowest BCUT2D eigenvalue weighted by Gasteiger charge is -2.32. The molecule has 0 aliphatic rings. The first kappa shape index (κ1) is 14.5. The summed E-state index contributed by atoms with van der Waals surface area (Å²) in [5, 5.41) is 10.5. The van der Waals surface area contributed by atoms with Crippen molar-refractivity contribution in [3.8, 4) is 0 Å². The standard InChI is InChI=1S/C13H21ClN2O/c1-13(2,17)9-16(3)12(8-15)10-4-6-11(14)7-5-10/h4-7,12,17H,8-9,15H2,1-3H3. The van der Waals surface area contributed by atoms with Crippen LogP contribution in [0.3, 0.4) is 0 Å². The Labute approximate surface area is 108 Å². The van der Waals surface area contributed by atoms with Crippen molar-refractivity contribution in [2.24, 2.45) is 5.73 Å². The van der Waals surface area contributed by atoms with Crippen molar-refractivity contribution in [3.63, 3.8) is 0 Å². The largest absolute Gasteiger partial charge is 0.389 e. The van der Waals surface area contributed by atoms with Crippen LogP contribution in [0.25, 0.3) is 0 Å². The average Bonchev–Trinajstić information content (AvgIpc) is 2.19. The summed E-state index contributed by atoms with van der Waals surface area (Å²) in [5.41, 5.74) is 6.19. The Kier molecular flexibility index (Phi) is 4.95. The van der Waals surface area contributed by atoms with Gasteiger partial charge in [0.05, 0.1) is 5.60 Å². The maximum Gasteiger partial charge on any atom is 0.0718 e. The van der Waals surface area contributed by atoms with Crippen LogP contribution >= 0.6 is 11.6 Å². The van der Waals surface area contributed by atoms with Crippen LogP contribution in [-0.2, 0) is 0 Å². The average molecular weight is 257 g/mol. The van der Waals surface area contributed by atoms with E-state index in [0.29, 0.717) is 13.1 Å². The van der Waals surface area contributed by atoms with Crippen molar-refractivity contribution in [3.05, 3.63) is 34.9 Å². The lowest BCUT2D eigenvalue weighted by Crippen LogP contribution is -2.40. The monoisotopic (exact) mass is 256 g/mol. The van der Waals surface area contributed by atoms with Gasteiger partial charge in [0.1, 0.15) is 0 Å². The van der Waals surface area contributed by atoms with Crippen LogP contribution in [0.15, 0.2) is 24.3 Å². The van der Waals surface area contributed by atoms with E-state index in [2.05, 4.69) is 4.90 Å². The minimum Gasteiger partial charge on any atom is -0.389 e. The Morgan fingerprint density at radius 2 is 1.88 bits per heavy atom. The number of hydrogen-bond donors (Lipinski definition) is 2. The summed E-state index contributed by atoms with van der Waals surface area (Å²) in [4.78, 5) is 2.06. The van der Waals surface area contributed by atoms with Crippen LogP contribution in [0.2, 0.25) is 5.02 Å². The second-order valence-electron chi connectivity index (χ2n) is 5.03. The fraction of sp³-hybridized carbons (Fsp3) is 0.538. The fourth-order valence-electron chi connectivity index (χ4n) is 1.98. The van der Waals surface area contributed by atoms with Crippen LogP contribution in [-0.4, -0.2) is 35.7 Å². The summed E-state index contributed by atoms with van der Waals surface area (Å²) < 4.78 is 0. The highest BCUT2D eigenvalue weighted by molar-refractivity contribution is 6.30. The van der Waals surface area contributed by atoms with Crippen molar-refractivity contribution in [1.29, 1.82) is 0 Å². The fourth-order valence-corrected chi connectivity index (χ4v) is 2.10. The molecule has 0 aliphatic heterocycles. The zero-order valence-electron chi connectivity index (χ0n) is 10.7. The van der Waals surface area contributed by atoms with E-state index in [9.17, 15) is 5.11 Å². The molecule has 3 nitrogen and oxygen atoms in total. The van der Waals surface area contributed by atoms with Crippen molar-refractivity contribution >= 4 is 11.6 Å². The zero-order chi connectivity index (χ0) is 13.1. The van der Waals surface area contributed by atoms with Gasteiger partial charge in [-0.25, -0.2) is 0 Å². The van der Waals surface area contributed by atoms with Crippen LogP contribution in [0, 0.1) is 0 Å². The molecule has 0 fully saturated rings. The van der Waals surface area contributed by atoms with Crippen molar-refractivity contribution in [2.45, 2.75) is 25.5 Å². The lowest BCUT2D eigenvalue weighted by molar-refractivity contribution is 0.0321. The van der Waals surface area contributed by atoms with Crippen LogP contribution < -0.4 is 5.73 Å². The van der Waals surface area contributed by atoms with Crippen molar-refractivity contribution in [2.75, 3.05) is 20.1 Å². The molecule has 4 heteroatoms. The van der Waals surface area contributed by atoms with Gasteiger partial charge >= 0.3 is 0 Å². The number of benzene rings is 1. The number of halogens is 1. The SMILES string of the molecule is CN(CC(C)(C)O)C(CN)c1ccc(Cl)cc1. The van der Waals surface area contributed by atoms with E-state index >= 15 is 0 Å². The Hall–Kier alpha value is -0.610. The Morgan fingerprint density at radius 1 is 1.35 bits per heavy atom. The maximum atomic E-state index is 9.82. The van der Waals surface area contributed by atoms with Gasteiger partial charge in [-0.1, -0.05) is 23.7 Å². The molecule has 17 heavy (non-hydrogen) atoms. The number of nitrogens with two attached hydrogens (primary N) is 1. The van der Waals surface area contributed by atoms with Crippen molar-refractivity contribution < 1.29 is 5.11 Å². The van der Waals surface area contributed by atoms with Crippen LogP contribution in [0.5, 0.6) is 0 Å². The highest BCUT2D eigenvalue weighted by atomic mass is 35.5. The predicted molar refractivity (Wildman–Crippen MR) is 72.2 cm³/mol. The normalized spacial score (nSPS) is 14.1. The van der Waals surface area contributed by atoms with Gasteiger partial charge in [0.2, 0.25) is 0 Å². The molecule has 0 saturated carbocycles. The molecule has 96 valence electrons. The Bertz CT molecular complexity index is 345. The summed E-state index contributed by atoms with van der Waals surface area (Å²) >= 11 is 5.86. The Balaban J connectivity index is 2.80. The topological polar surface area (TPSA) is 49.5 Å². The second-order valence-corrected chi connectivity index (χ2v) is 5.47. The third-order valence-corrected chi connectivity index (χ3v) is 2.90. The summed E-state index contributed by atoms with van der Waals surface area (Å²) in [5.74, 6) is 0. The number of aliphatic hydroxyl groups is 1. The predicted octanol–water partition coefficient (Wildman–Crippen LogP) is 2.04. The second kappa shape index (κ2) is 5.83. The quantitative estimate of drug-likeness (QED) is 0.848. The minimum atomic E-state index is -0.728. The highest BCUT2D eigenvalue weighted by Gasteiger charge is 2.22. The van der Waals surface area contributed by atoms with Gasteiger partial charge in [0.15, 0.2) is 0 Å². The summed E-state index contributed by atoms with van der Waals surface area (Å²) in [6, 6.07) is 7.76. The maximum absolute atomic E-state index is 9.82. The van der Waals surface area contributed by atoms with E-state index in [1.807, 2.05) is 31.3 Å². The molecule has 1 rings (SSSR count). The molecular weight excluding hydrogens is 236 g/mol. The van der Waals surface area contributed by atoms with Gasteiger partial charge < -0.3 is 10.8 Å². The summed E-state index contributed by atoms with van der Waals surface area (Å²) in [6.45, 7) is 4.66. The van der Waals surface area contributed by atoms with E-state index in [4.69, 9.17) is 17.3 Å². The summed E-state index contributed by atoms with van der Waals surface area (Å²) in [6.07, 6.45) is 0. The molecule has 0 saturated heterocycles. The molecule has 1 aromatic carbocycles. The third-order valence-electron chi connectivity index (χ3n) is 2.65. The number of likely N-dealkylation sites (N-methyl/N-ethyl adjacent to an activating group) is 1. The van der Waals surface area contributed by atoms with Crippen LogP contribution in [0.1, 0.15) is 25.5 Å². The molecule has 1 unspecified atom stereocenters. The number of rotatable bonds is 5. The molecule has 0 amide bonds. The van der Waals surface area contributed by atoms with Gasteiger partial charge in [-0.2, -0.15) is 0 Å². The molecule has 0 aliphatic carbocycles. The Morgan fingerprint density at radius 3 is 2.29 bits per heavy atom. The van der Waals surface area contributed by atoms with Gasteiger partial charge in [-0.15, -0.1) is 0 Å². The molecule has 0 heterocycles. The van der Waals surface area contributed by atoms with Gasteiger partial charge in [0.25, 0.3) is 0 Å². The first-order valence-electron chi connectivity index (χ1n) is 5.71. The van der Waals surface area contributed by atoms with E-state index in [1.54, 1.807) is 13.8 Å². The third kappa shape index (κ3) is 4.64. The smallest absolute Gasteiger partial charge is 0.0718 e. The van der Waals surface area contributed by atoms with E-state index < -0.39 is 5.60 Å². The molecule has 3 N–H and O–H groups in total.